The van der Waals surface area contributed by atoms with Gasteiger partial charge in [-0.3, -0.25) is 0 Å². The van der Waals surface area contributed by atoms with Crippen LogP contribution in [0.25, 0.3) is 0 Å². The van der Waals surface area contributed by atoms with E-state index in [9.17, 15) is 13.2 Å². The zero-order valence-electron chi connectivity index (χ0n) is 10.9. The summed E-state index contributed by atoms with van der Waals surface area (Å²) in [5.74, 6) is 0. The molecule has 0 heterocycles. The van der Waals surface area contributed by atoms with Crippen LogP contribution in [0.1, 0.15) is 30.0 Å². The largest absolute Gasteiger partial charge is 0.417 e. The molecule has 1 aromatic rings. The van der Waals surface area contributed by atoms with Crippen molar-refractivity contribution in [1.82, 2.24) is 5.32 Å². The third kappa shape index (κ3) is 4.78. The molecule has 0 saturated carbocycles. The van der Waals surface area contributed by atoms with Gasteiger partial charge in [-0.25, -0.2) is 0 Å². The van der Waals surface area contributed by atoms with Gasteiger partial charge >= 0.3 is 6.18 Å². The monoisotopic (exact) mass is 339 g/mol. The fourth-order valence-corrected chi connectivity index (χ4v) is 2.36. The Morgan fingerprint density at radius 3 is 2.58 bits per heavy atom. The summed E-state index contributed by atoms with van der Waals surface area (Å²) in [6.45, 7) is 0.598. The lowest BCUT2D eigenvalue weighted by molar-refractivity contribution is -0.138. The molecule has 1 unspecified atom stereocenters. The lowest BCUT2D eigenvalue weighted by Gasteiger charge is -2.19. The Hall–Kier alpha value is -0.590. The number of nitrogens with one attached hydrogen (secondary N) is 1. The zero-order valence-corrected chi connectivity index (χ0v) is 12.4. The molecule has 1 rings (SSSR count). The maximum absolute atomic E-state index is 12.8. The minimum Gasteiger partial charge on any atom is -0.385 e. The topological polar surface area (TPSA) is 21.3 Å². The van der Waals surface area contributed by atoms with Crippen LogP contribution < -0.4 is 5.32 Å². The minimum atomic E-state index is -4.35. The number of ether oxygens (including phenoxy) is 1. The van der Waals surface area contributed by atoms with Gasteiger partial charge in [0.15, 0.2) is 0 Å². The van der Waals surface area contributed by atoms with Crippen LogP contribution in [0.15, 0.2) is 22.7 Å². The van der Waals surface area contributed by atoms with Gasteiger partial charge in [0, 0.05) is 24.2 Å². The van der Waals surface area contributed by atoms with Crippen molar-refractivity contribution in [3.8, 4) is 0 Å². The summed E-state index contributed by atoms with van der Waals surface area (Å²) in [6, 6.07) is 4.23. The molecular weight excluding hydrogens is 323 g/mol. The molecule has 108 valence electrons. The van der Waals surface area contributed by atoms with E-state index < -0.39 is 11.7 Å². The van der Waals surface area contributed by atoms with Gasteiger partial charge in [0.1, 0.15) is 0 Å². The molecular formula is C13H17BrF3NO. The first kappa shape index (κ1) is 16.5. The molecule has 1 aromatic carbocycles. The van der Waals surface area contributed by atoms with E-state index in [1.807, 2.05) is 0 Å². The van der Waals surface area contributed by atoms with Crippen molar-refractivity contribution in [3.05, 3.63) is 33.8 Å². The highest BCUT2D eigenvalue weighted by atomic mass is 79.9. The average Bonchev–Trinajstić information content (AvgIpc) is 2.34. The van der Waals surface area contributed by atoms with E-state index in [4.69, 9.17) is 4.74 Å². The van der Waals surface area contributed by atoms with Crippen molar-refractivity contribution in [1.29, 1.82) is 0 Å². The quantitative estimate of drug-likeness (QED) is 0.786. The normalized spacial score (nSPS) is 13.6. The van der Waals surface area contributed by atoms with Gasteiger partial charge in [-0.1, -0.05) is 22.0 Å². The predicted octanol–water partition coefficient (Wildman–Crippen LogP) is 4.16. The van der Waals surface area contributed by atoms with E-state index in [2.05, 4.69) is 21.2 Å². The number of alkyl halides is 3. The maximum atomic E-state index is 12.8. The molecule has 1 N–H and O–H groups in total. The van der Waals surface area contributed by atoms with Crippen LogP contribution in [-0.2, 0) is 10.9 Å². The van der Waals surface area contributed by atoms with E-state index in [0.29, 0.717) is 12.2 Å². The maximum Gasteiger partial charge on any atom is 0.417 e. The van der Waals surface area contributed by atoms with E-state index in [1.165, 1.54) is 12.1 Å². The van der Waals surface area contributed by atoms with E-state index >= 15 is 0 Å². The summed E-state index contributed by atoms with van der Waals surface area (Å²) in [5.41, 5.74) is -0.00822. The molecule has 0 bridgehead atoms. The molecule has 19 heavy (non-hydrogen) atoms. The SMILES string of the molecule is CNC(CCCOC)c1ccc(Br)c(C(F)(F)F)c1. The number of rotatable bonds is 6. The Bertz CT molecular complexity index is 409. The second-order valence-electron chi connectivity index (χ2n) is 4.21. The number of halogens is 4. The van der Waals surface area contributed by atoms with Crippen LogP contribution in [0.5, 0.6) is 0 Å². The molecule has 1 atom stereocenters. The smallest absolute Gasteiger partial charge is 0.385 e. The standard InChI is InChI=1S/C13H17BrF3NO/c1-18-12(4-3-7-19-2)9-5-6-11(14)10(8-9)13(15,16)17/h5-6,8,12,18H,3-4,7H2,1-2H3. The first-order valence-electron chi connectivity index (χ1n) is 5.93. The summed E-state index contributed by atoms with van der Waals surface area (Å²) >= 11 is 2.94. The molecule has 6 heteroatoms. The molecule has 0 aliphatic carbocycles. The summed E-state index contributed by atoms with van der Waals surface area (Å²) in [6.07, 6.45) is -2.83. The second kappa shape index (κ2) is 7.26. The highest BCUT2D eigenvalue weighted by Crippen LogP contribution is 2.36. The summed E-state index contributed by atoms with van der Waals surface area (Å²) in [4.78, 5) is 0. The highest BCUT2D eigenvalue weighted by Gasteiger charge is 2.33. The van der Waals surface area contributed by atoms with Crippen LogP contribution in [0.3, 0.4) is 0 Å². The molecule has 0 aliphatic heterocycles. The van der Waals surface area contributed by atoms with E-state index in [0.717, 1.165) is 12.8 Å². The molecule has 0 fully saturated rings. The van der Waals surface area contributed by atoms with Gasteiger partial charge < -0.3 is 10.1 Å². The fraction of sp³-hybridized carbons (Fsp3) is 0.538. The van der Waals surface area contributed by atoms with Gasteiger partial charge in [0.2, 0.25) is 0 Å². The predicted molar refractivity (Wildman–Crippen MR) is 72.1 cm³/mol. The molecule has 0 amide bonds. The van der Waals surface area contributed by atoms with Crippen molar-refractivity contribution in [2.75, 3.05) is 20.8 Å². The molecule has 0 aromatic heterocycles. The minimum absolute atomic E-state index is 0.0653. The van der Waals surface area contributed by atoms with Crippen molar-refractivity contribution in [2.45, 2.75) is 25.1 Å². The molecule has 0 saturated heterocycles. The second-order valence-corrected chi connectivity index (χ2v) is 5.07. The Labute approximate surface area is 119 Å². The Kier molecular flexibility index (Phi) is 6.29. The molecule has 0 radical (unpaired) electrons. The van der Waals surface area contributed by atoms with Crippen molar-refractivity contribution >= 4 is 15.9 Å². The van der Waals surface area contributed by atoms with Crippen molar-refractivity contribution in [2.24, 2.45) is 0 Å². The van der Waals surface area contributed by atoms with Gasteiger partial charge in [-0.15, -0.1) is 0 Å². The third-order valence-corrected chi connectivity index (χ3v) is 3.58. The lowest BCUT2D eigenvalue weighted by Crippen LogP contribution is -2.18. The van der Waals surface area contributed by atoms with E-state index in [1.54, 1.807) is 20.2 Å². The summed E-state index contributed by atoms with van der Waals surface area (Å²) in [5, 5.41) is 3.04. The molecule has 0 aliphatic rings. The third-order valence-electron chi connectivity index (χ3n) is 2.89. The summed E-state index contributed by atoms with van der Waals surface area (Å²) < 4.78 is 43.5. The van der Waals surface area contributed by atoms with Crippen LogP contribution in [-0.4, -0.2) is 20.8 Å². The van der Waals surface area contributed by atoms with Crippen LogP contribution in [0.4, 0.5) is 13.2 Å². The average molecular weight is 340 g/mol. The molecule has 2 nitrogen and oxygen atoms in total. The lowest BCUT2D eigenvalue weighted by atomic mass is 10.00. The highest BCUT2D eigenvalue weighted by molar-refractivity contribution is 9.10. The van der Waals surface area contributed by atoms with Crippen molar-refractivity contribution < 1.29 is 17.9 Å². The van der Waals surface area contributed by atoms with Gasteiger partial charge in [-0.05, 0) is 37.6 Å². The van der Waals surface area contributed by atoms with Crippen LogP contribution in [0, 0.1) is 0 Å². The number of hydrogen-bond acceptors (Lipinski definition) is 2. The van der Waals surface area contributed by atoms with Gasteiger partial charge in [0.05, 0.1) is 5.56 Å². The number of hydrogen-bond donors (Lipinski definition) is 1. The zero-order chi connectivity index (χ0) is 14.5. The first-order valence-corrected chi connectivity index (χ1v) is 6.72. The number of benzene rings is 1. The van der Waals surface area contributed by atoms with Crippen LogP contribution in [0.2, 0.25) is 0 Å². The number of methoxy groups -OCH3 is 1. The van der Waals surface area contributed by atoms with Gasteiger partial charge in [-0.2, -0.15) is 13.2 Å². The fourth-order valence-electron chi connectivity index (χ4n) is 1.89. The van der Waals surface area contributed by atoms with Crippen LogP contribution >= 0.6 is 15.9 Å². The van der Waals surface area contributed by atoms with Crippen molar-refractivity contribution in [3.63, 3.8) is 0 Å². The Morgan fingerprint density at radius 2 is 2.05 bits per heavy atom. The molecule has 0 spiro atoms. The Balaban J connectivity index is 2.93. The van der Waals surface area contributed by atoms with E-state index in [-0.39, 0.29) is 10.5 Å². The van der Waals surface area contributed by atoms with Gasteiger partial charge in [0.25, 0.3) is 0 Å². The first-order chi connectivity index (χ1) is 8.90. The summed E-state index contributed by atoms with van der Waals surface area (Å²) in [7, 11) is 3.35. The Morgan fingerprint density at radius 1 is 1.37 bits per heavy atom.